The average Bonchev–Trinajstić information content (AvgIpc) is 2.24. The van der Waals surface area contributed by atoms with Crippen LogP contribution in [-0.2, 0) is 21.2 Å². The van der Waals surface area contributed by atoms with E-state index in [1.165, 1.54) is 7.11 Å². The molecule has 0 saturated heterocycles. The lowest BCUT2D eigenvalue weighted by molar-refractivity contribution is -0.118. The van der Waals surface area contributed by atoms with E-state index in [1.807, 2.05) is 0 Å². The summed E-state index contributed by atoms with van der Waals surface area (Å²) < 4.78 is 26.8. The van der Waals surface area contributed by atoms with Gasteiger partial charge < -0.3 is 15.8 Å². The second-order valence-electron chi connectivity index (χ2n) is 3.92. The number of rotatable bonds is 5. The van der Waals surface area contributed by atoms with Gasteiger partial charge in [-0.3, -0.25) is 4.79 Å². The molecular weight excluding hydrogens is 256 g/mol. The van der Waals surface area contributed by atoms with E-state index in [0.29, 0.717) is 11.4 Å². The van der Waals surface area contributed by atoms with Crippen LogP contribution in [0, 0.1) is 0 Å². The van der Waals surface area contributed by atoms with Gasteiger partial charge in [0, 0.05) is 12.8 Å². The average molecular weight is 272 g/mol. The lowest BCUT2D eigenvalue weighted by atomic mass is 10.2. The monoisotopic (exact) mass is 272 g/mol. The van der Waals surface area contributed by atoms with Crippen LogP contribution < -0.4 is 15.8 Å². The summed E-state index contributed by atoms with van der Waals surface area (Å²) in [7, 11) is -1.79. The van der Waals surface area contributed by atoms with Gasteiger partial charge in [-0.05, 0) is 17.7 Å². The highest BCUT2D eigenvalue weighted by Crippen LogP contribution is 2.21. The fourth-order valence-electron chi connectivity index (χ4n) is 1.38. The number of benzene rings is 1. The summed E-state index contributed by atoms with van der Waals surface area (Å²) in [6.45, 7) is 0.225. The molecule has 0 radical (unpaired) electrons. The molecule has 0 spiro atoms. The molecule has 1 aromatic rings. The molecule has 0 aromatic heterocycles. The van der Waals surface area contributed by atoms with Gasteiger partial charge in [0.15, 0.2) is 9.84 Å². The zero-order valence-electron chi connectivity index (χ0n) is 10.3. The molecule has 0 fully saturated rings. The molecule has 7 heteroatoms. The molecule has 0 heterocycles. The number of hydrogen-bond acceptors (Lipinski definition) is 5. The Labute approximate surface area is 106 Å². The zero-order chi connectivity index (χ0) is 13.8. The van der Waals surface area contributed by atoms with E-state index < -0.39 is 21.5 Å². The molecule has 0 aliphatic rings. The molecule has 0 bridgehead atoms. The van der Waals surface area contributed by atoms with E-state index in [0.717, 1.165) is 11.8 Å². The first-order valence-corrected chi connectivity index (χ1v) is 7.24. The fraction of sp³-hybridized carbons (Fsp3) is 0.364. The number of nitrogen functional groups attached to an aromatic ring is 1. The number of carbonyl (C=O) groups excluding carboxylic acids is 1. The van der Waals surface area contributed by atoms with Crippen LogP contribution in [0.2, 0.25) is 0 Å². The van der Waals surface area contributed by atoms with Crippen LogP contribution in [-0.4, -0.2) is 33.4 Å². The van der Waals surface area contributed by atoms with Crippen molar-refractivity contribution in [1.29, 1.82) is 0 Å². The quantitative estimate of drug-likeness (QED) is 0.732. The second kappa shape index (κ2) is 5.72. The predicted molar refractivity (Wildman–Crippen MR) is 69.0 cm³/mol. The number of nitrogens with one attached hydrogen (secondary N) is 1. The van der Waals surface area contributed by atoms with Gasteiger partial charge in [0.05, 0.1) is 12.8 Å². The first-order chi connectivity index (χ1) is 8.31. The smallest absolute Gasteiger partial charge is 0.235 e. The first-order valence-electron chi connectivity index (χ1n) is 5.18. The van der Waals surface area contributed by atoms with E-state index in [2.05, 4.69) is 5.32 Å². The Morgan fingerprint density at radius 3 is 2.61 bits per heavy atom. The molecule has 0 unspecified atom stereocenters. The summed E-state index contributed by atoms with van der Waals surface area (Å²) in [4.78, 5) is 11.3. The molecule has 1 rings (SSSR count). The zero-order valence-corrected chi connectivity index (χ0v) is 11.1. The van der Waals surface area contributed by atoms with Crippen LogP contribution >= 0.6 is 0 Å². The van der Waals surface area contributed by atoms with Crippen molar-refractivity contribution in [2.45, 2.75) is 6.54 Å². The van der Waals surface area contributed by atoms with E-state index >= 15 is 0 Å². The summed E-state index contributed by atoms with van der Waals surface area (Å²) >= 11 is 0. The van der Waals surface area contributed by atoms with E-state index in [4.69, 9.17) is 10.5 Å². The fourth-order valence-corrected chi connectivity index (χ4v) is 1.96. The minimum Gasteiger partial charge on any atom is -0.495 e. The third kappa shape index (κ3) is 4.62. The summed E-state index contributed by atoms with van der Waals surface area (Å²) in [6, 6.07) is 5.10. The maximum Gasteiger partial charge on any atom is 0.235 e. The maximum absolute atomic E-state index is 11.3. The van der Waals surface area contributed by atoms with Gasteiger partial charge in [-0.25, -0.2) is 8.42 Å². The second-order valence-corrected chi connectivity index (χ2v) is 6.06. The minimum atomic E-state index is -3.30. The van der Waals surface area contributed by atoms with Crippen molar-refractivity contribution in [3.63, 3.8) is 0 Å². The molecule has 0 saturated carbocycles. The van der Waals surface area contributed by atoms with Gasteiger partial charge in [-0.15, -0.1) is 0 Å². The van der Waals surface area contributed by atoms with Crippen molar-refractivity contribution in [2.75, 3.05) is 24.9 Å². The van der Waals surface area contributed by atoms with Gasteiger partial charge in [0.1, 0.15) is 11.5 Å². The topological polar surface area (TPSA) is 98.5 Å². The van der Waals surface area contributed by atoms with Crippen molar-refractivity contribution in [3.05, 3.63) is 23.8 Å². The minimum absolute atomic E-state index is 0.225. The number of anilines is 1. The molecule has 6 nitrogen and oxygen atoms in total. The van der Waals surface area contributed by atoms with Crippen LogP contribution in [0.4, 0.5) is 5.69 Å². The Bertz CT molecular complexity index is 540. The number of sulfone groups is 1. The molecule has 1 aromatic carbocycles. The highest BCUT2D eigenvalue weighted by atomic mass is 32.2. The number of methoxy groups -OCH3 is 1. The third-order valence-corrected chi connectivity index (χ3v) is 2.96. The summed E-state index contributed by atoms with van der Waals surface area (Å²) in [5.74, 6) is -0.494. The number of nitrogens with two attached hydrogens (primary N) is 1. The highest BCUT2D eigenvalue weighted by molar-refractivity contribution is 7.91. The Hall–Kier alpha value is -1.76. The molecule has 1 amide bonds. The summed E-state index contributed by atoms with van der Waals surface area (Å²) in [5, 5.41) is 2.51. The molecule has 18 heavy (non-hydrogen) atoms. The van der Waals surface area contributed by atoms with Gasteiger partial charge >= 0.3 is 0 Å². The van der Waals surface area contributed by atoms with Crippen molar-refractivity contribution >= 4 is 21.4 Å². The van der Waals surface area contributed by atoms with Crippen LogP contribution in [0.3, 0.4) is 0 Å². The Morgan fingerprint density at radius 1 is 1.44 bits per heavy atom. The van der Waals surface area contributed by atoms with Gasteiger partial charge in [-0.1, -0.05) is 6.07 Å². The van der Waals surface area contributed by atoms with Crippen LogP contribution in [0.1, 0.15) is 5.56 Å². The maximum atomic E-state index is 11.3. The molecular formula is C11H16N2O4S. The normalized spacial score (nSPS) is 11.0. The number of ether oxygens (including phenoxy) is 1. The largest absolute Gasteiger partial charge is 0.495 e. The predicted octanol–water partition coefficient (Wildman–Crippen LogP) is -0.0618. The number of amides is 1. The van der Waals surface area contributed by atoms with Gasteiger partial charge in [-0.2, -0.15) is 0 Å². The molecule has 3 N–H and O–H groups in total. The van der Waals surface area contributed by atoms with E-state index in [-0.39, 0.29) is 6.54 Å². The molecule has 100 valence electrons. The lowest BCUT2D eigenvalue weighted by Crippen LogP contribution is -2.29. The van der Waals surface area contributed by atoms with Crippen LogP contribution in [0.15, 0.2) is 18.2 Å². The van der Waals surface area contributed by atoms with Gasteiger partial charge in [0.2, 0.25) is 5.91 Å². The van der Waals surface area contributed by atoms with E-state index in [9.17, 15) is 13.2 Å². The van der Waals surface area contributed by atoms with Crippen LogP contribution in [0.5, 0.6) is 5.75 Å². The highest BCUT2D eigenvalue weighted by Gasteiger charge is 2.10. The van der Waals surface area contributed by atoms with Crippen molar-refractivity contribution in [3.8, 4) is 5.75 Å². The summed E-state index contributed by atoms with van der Waals surface area (Å²) in [5.41, 5.74) is 6.94. The van der Waals surface area contributed by atoms with Crippen molar-refractivity contribution < 1.29 is 17.9 Å². The molecule has 0 aliphatic carbocycles. The van der Waals surface area contributed by atoms with Crippen molar-refractivity contribution in [2.24, 2.45) is 0 Å². The Balaban J connectivity index is 2.59. The van der Waals surface area contributed by atoms with E-state index in [1.54, 1.807) is 18.2 Å². The molecule has 0 aliphatic heterocycles. The van der Waals surface area contributed by atoms with Crippen molar-refractivity contribution in [1.82, 2.24) is 5.32 Å². The summed E-state index contributed by atoms with van der Waals surface area (Å²) in [6.07, 6.45) is 1.01. The Morgan fingerprint density at radius 2 is 2.11 bits per heavy atom. The van der Waals surface area contributed by atoms with Crippen LogP contribution in [0.25, 0.3) is 0 Å². The molecule has 0 atom stereocenters. The lowest BCUT2D eigenvalue weighted by Gasteiger charge is -2.08. The third-order valence-electron chi connectivity index (χ3n) is 2.18. The first kappa shape index (κ1) is 14.3. The SMILES string of the molecule is COc1ccc(CNC(=O)CS(C)(=O)=O)cc1N. The number of hydrogen-bond donors (Lipinski definition) is 2. The Kier molecular flexibility index (Phi) is 4.55. The van der Waals surface area contributed by atoms with Gasteiger partial charge in [0.25, 0.3) is 0 Å². The standard InChI is InChI=1S/C11H16N2O4S/c1-17-10-4-3-8(5-9(10)12)6-13-11(14)7-18(2,15)16/h3-5H,6-7,12H2,1-2H3,(H,13,14). The number of carbonyl (C=O) groups is 1.